The number of halogens is 2. The molecule has 41 heavy (non-hydrogen) atoms. The molecule has 4 atom stereocenters. The predicted octanol–water partition coefficient (Wildman–Crippen LogP) is 3.03. The molecule has 1 aliphatic carbocycles. The van der Waals surface area contributed by atoms with Crippen LogP contribution in [0.15, 0.2) is 42.5 Å². The molecule has 4 aliphatic rings. The fraction of sp³-hybridized carbons (Fsp3) is 0.562. The van der Waals surface area contributed by atoms with Gasteiger partial charge in [0, 0.05) is 31.1 Å². The number of benzene rings is 2. The molecule has 6 rings (SSSR count). The van der Waals surface area contributed by atoms with Crippen LogP contribution in [0.1, 0.15) is 55.7 Å². The highest BCUT2D eigenvalue weighted by Crippen LogP contribution is 2.45. The first kappa shape index (κ1) is 29.6. The Morgan fingerprint density at radius 1 is 1.10 bits per heavy atom. The van der Waals surface area contributed by atoms with Crippen LogP contribution in [-0.2, 0) is 28.0 Å². The second kappa shape index (κ2) is 12.5. The molecule has 222 valence electrons. The average molecular weight is 569 g/mol. The second-order valence-corrected chi connectivity index (χ2v) is 12.3. The summed E-state index contributed by atoms with van der Waals surface area (Å²) in [5.74, 6) is -2.55. The maximum Gasteiger partial charge on any atom is 0.221 e. The molecule has 1 saturated carbocycles. The van der Waals surface area contributed by atoms with Gasteiger partial charge in [0.1, 0.15) is 11.6 Å². The van der Waals surface area contributed by atoms with Gasteiger partial charge in [-0.05, 0) is 92.3 Å². The minimum Gasteiger partial charge on any atom is -0.390 e. The number of hydrogen-bond acceptors (Lipinski definition) is 5. The van der Waals surface area contributed by atoms with Crippen LogP contribution in [0.5, 0.6) is 0 Å². The van der Waals surface area contributed by atoms with Crippen LogP contribution in [-0.4, -0.2) is 60.1 Å². The van der Waals surface area contributed by atoms with Crippen molar-refractivity contribution in [1.29, 1.82) is 0 Å². The number of fused-ring (bicyclic) bond motifs is 3. The van der Waals surface area contributed by atoms with Crippen LogP contribution in [0.25, 0.3) is 0 Å². The van der Waals surface area contributed by atoms with Crippen LogP contribution >= 0.6 is 0 Å². The summed E-state index contributed by atoms with van der Waals surface area (Å²) in [6.07, 6.45) is 3.69. The molecule has 4 fully saturated rings. The normalized spacial score (nSPS) is 24.8. The van der Waals surface area contributed by atoms with Crippen molar-refractivity contribution in [2.24, 2.45) is 23.5 Å². The molecule has 2 aromatic rings. The van der Waals surface area contributed by atoms with Gasteiger partial charge < -0.3 is 26.4 Å². The number of nitrogens with one attached hydrogen (secondary N) is 2. The number of aliphatic hydroxyl groups excluding tert-OH is 1. The van der Waals surface area contributed by atoms with E-state index < -0.39 is 41.5 Å². The molecule has 0 aromatic heterocycles. The van der Waals surface area contributed by atoms with Gasteiger partial charge in [-0.3, -0.25) is 9.59 Å². The number of rotatable bonds is 13. The molecule has 2 amide bonds. The van der Waals surface area contributed by atoms with Crippen molar-refractivity contribution in [2.45, 2.75) is 69.6 Å². The van der Waals surface area contributed by atoms with Crippen molar-refractivity contribution < 1.29 is 23.5 Å². The molecule has 3 heterocycles. The Kier molecular flexibility index (Phi) is 9.06. The van der Waals surface area contributed by atoms with E-state index in [1.165, 1.54) is 23.3 Å². The summed E-state index contributed by atoms with van der Waals surface area (Å²) < 4.78 is 28.0. The quantitative estimate of drug-likeness (QED) is 0.297. The Bertz CT molecular complexity index is 1220. The van der Waals surface area contributed by atoms with Crippen LogP contribution in [0.2, 0.25) is 0 Å². The van der Waals surface area contributed by atoms with E-state index in [4.69, 9.17) is 5.73 Å². The maximum absolute atomic E-state index is 14.0. The van der Waals surface area contributed by atoms with E-state index in [0.717, 1.165) is 57.8 Å². The number of carbonyl (C=O) groups is 2. The van der Waals surface area contributed by atoms with Gasteiger partial charge in [0.2, 0.25) is 11.8 Å². The molecule has 3 aliphatic heterocycles. The Labute approximate surface area is 240 Å². The maximum atomic E-state index is 14.0. The summed E-state index contributed by atoms with van der Waals surface area (Å²) in [6, 6.07) is 10.8. The fourth-order valence-corrected chi connectivity index (χ4v) is 6.88. The van der Waals surface area contributed by atoms with Gasteiger partial charge >= 0.3 is 0 Å². The van der Waals surface area contributed by atoms with Crippen molar-refractivity contribution in [3.8, 4) is 0 Å². The van der Waals surface area contributed by atoms with Crippen molar-refractivity contribution in [2.75, 3.05) is 26.2 Å². The van der Waals surface area contributed by atoms with Gasteiger partial charge in [0.05, 0.1) is 18.1 Å². The van der Waals surface area contributed by atoms with E-state index in [9.17, 15) is 23.5 Å². The van der Waals surface area contributed by atoms with Crippen LogP contribution < -0.4 is 16.4 Å². The van der Waals surface area contributed by atoms with Crippen molar-refractivity contribution in [3.63, 3.8) is 0 Å². The van der Waals surface area contributed by atoms with Gasteiger partial charge in [-0.2, -0.15) is 0 Å². The molecule has 3 saturated heterocycles. The molecular weight excluding hydrogens is 526 g/mol. The van der Waals surface area contributed by atoms with Gasteiger partial charge in [0.25, 0.3) is 0 Å². The van der Waals surface area contributed by atoms with E-state index >= 15 is 0 Å². The van der Waals surface area contributed by atoms with Crippen LogP contribution in [0.4, 0.5) is 8.78 Å². The second-order valence-electron chi connectivity index (χ2n) is 12.3. The molecule has 2 bridgehead atoms. The number of carbonyl (C=O) groups excluding carboxylic acids is 2. The molecule has 0 radical (unpaired) electrons. The first-order valence-electron chi connectivity index (χ1n) is 14.9. The summed E-state index contributed by atoms with van der Waals surface area (Å²) in [5.41, 5.74) is 8.28. The van der Waals surface area contributed by atoms with E-state index in [-0.39, 0.29) is 30.8 Å². The average Bonchev–Trinajstić information content (AvgIpc) is 3.75. The summed E-state index contributed by atoms with van der Waals surface area (Å²) >= 11 is 0. The topological polar surface area (TPSA) is 108 Å². The highest BCUT2D eigenvalue weighted by Gasteiger charge is 2.45. The van der Waals surface area contributed by atoms with Crippen molar-refractivity contribution in [3.05, 3.63) is 70.8 Å². The molecular formula is C32H42F2N4O3. The number of nitrogens with zero attached hydrogens (tertiary/aromatic N) is 1. The van der Waals surface area contributed by atoms with Crippen LogP contribution in [0.3, 0.4) is 0 Å². The van der Waals surface area contributed by atoms with Gasteiger partial charge in [-0.25, -0.2) is 8.78 Å². The number of aliphatic hydroxyl groups is 1. The number of nitrogens with two attached hydrogens (primary N) is 1. The summed E-state index contributed by atoms with van der Waals surface area (Å²) in [5, 5.41) is 17.7. The number of hydrogen-bond donors (Lipinski definition) is 4. The Morgan fingerprint density at radius 2 is 1.80 bits per heavy atom. The standard InChI is InChI=1S/C32H42F2N4O3/c1-2-20-4-3-5-23(12-20)32(8-9-32)36-18-29(39)28(15-21-13-24(33)16-25(34)14-21)37-30(40)17-26(31(35)41)27-19-38-10-6-22(27)7-11-38/h3-5,12-14,16,22,26-29,36,39H,2,6-11,15,17-19H2,1H3,(H2,35,41)(H,37,40)/t26?,27-,28+,29-/m1/s1. The Hall–Kier alpha value is -2.88. The third-order valence-corrected chi connectivity index (χ3v) is 9.47. The molecule has 9 heteroatoms. The van der Waals surface area contributed by atoms with E-state index in [2.05, 4.69) is 40.7 Å². The molecule has 1 unspecified atom stereocenters. The Balaban J connectivity index is 1.28. The minimum absolute atomic E-state index is 0.0247. The zero-order valence-electron chi connectivity index (χ0n) is 23.8. The lowest BCUT2D eigenvalue weighted by Gasteiger charge is -2.47. The summed E-state index contributed by atoms with van der Waals surface area (Å²) in [7, 11) is 0. The van der Waals surface area contributed by atoms with Gasteiger partial charge in [-0.1, -0.05) is 31.2 Å². The predicted molar refractivity (Wildman–Crippen MR) is 153 cm³/mol. The van der Waals surface area contributed by atoms with Gasteiger partial charge in [0.15, 0.2) is 0 Å². The molecule has 7 nitrogen and oxygen atoms in total. The number of aryl methyl sites for hydroxylation is 1. The van der Waals surface area contributed by atoms with E-state index in [1.807, 2.05) is 6.07 Å². The highest BCUT2D eigenvalue weighted by atomic mass is 19.1. The molecule has 0 spiro atoms. The van der Waals surface area contributed by atoms with E-state index in [0.29, 0.717) is 11.5 Å². The SMILES string of the molecule is CCc1cccc(C2(NC[C@@H](O)[C@H](Cc3cc(F)cc(F)c3)NC(=O)CC(C(N)=O)[C@@H]3CN4CCC3CC4)CC2)c1. The first-order valence-corrected chi connectivity index (χ1v) is 14.9. The van der Waals surface area contributed by atoms with Crippen molar-refractivity contribution >= 4 is 11.8 Å². The fourth-order valence-electron chi connectivity index (χ4n) is 6.88. The minimum atomic E-state index is -1.04. The van der Waals surface area contributed by atoms with Gasteiger partial charge in [-0.15, -0.1) is 0 Å². The number of piperidine rings is 3. The van der Waals surface area contributed by atoms with Crippen LogP contribution in [0, 0.1) is 29.4 Å². The molecule has 5 N–H and O–H groups in total. The number of amides is 2. The number of primary amides is 1. The van der Waals surface area contributed by atoms with E-state index in [1.54, 1.807) is 0 Å². The lowest BCUT2D eigenvalue weighted by molar-refractivity contribution is -0.133. The lowest BCUT2D eigenvalue weighted by Crippen LogP contribution is -2.54. The first-order chi connectivity index (χ1) is 19.7. The monoisotopic (exact) mass is 568 g/mol. The lowest BCUT2D eigenvalue weighted by atomic mass is 9.71. The third-order valence-electron chi connectivity index (χ3n) is 9.47. The molecule has 2 aromatic carbocycles. The summed E-state index contributed by atoms with van der Waals surface area (Å²) in [4.78, 5) is 28.1. The zero-order chi connectivity index (χ0) is 29.1. The third kappa shape index (κ3) is 7.13. The summed E-state index contributed by atoms with van der Waals surface area (Å²) in [6.45, 7) is 5.06. The van der Waals surface area contributed by atoms with Crippen molar-refractivity contribution in [1.82, 2.24) is 15.5 Å². The largest absolute Gasteiger partial charge is 0.390 e. The zero-order valence-corrected chi connectivity index (χ0v) is 23.8. The highest BCUT2D eigenvalue weighted by molar-refractivity contribution is 5.85. The smallest absolute Gasteiger partial charge is 0.221 e. The Morgan fingerprint density at radius 3 is 2.39 bits per heavy atom.